The van der Waals surface area contributed by atoms with Gasteiger partial charge in [-0.15, -0.1) is 0 Å². The van der Waals surface area contributed by atoms with Gasteiger partial charge in [0.2, 0.25) is 0 Å². The highest BCUT2D eigenvalue weighted by Gasteiger charge is 2.25. The molecule has 7 nitrogen and oxygen atoms in total. The van der Waals surface area contributed by atoms with E-state index in [0.29, 0.717) is 5.76 Å². The Labute approximate surface area is 116 Å². The molecule has 2 unspecified atom stereocenters. The van der Waals surface area contributed by atoms with E-state index >= 15 is 0 Å². The number of likely N-dealkylation sites (N-methyl/N-ethyl adjacent to an activating group) is 1. The van der Waals surface area contributed by atoms with Gasteiger partial charge in [-0.1, -0.05) is 12.8 Å². The number of carbonyl (C=O) groups excluding carboxylic acids is 1. The summed E-state index contributed by atoms with van der Waals surface area (Å²) < 4.78 is 14.5. The van der Waals surface area contributed by atoms with Crippen LogP contribution in [-0.2, 0) is 11.3 Å². The van der Waals surface area contributed by atoms with Crippen LogP contribution in [0.25, 0.3) is 0 Å². The molecule has 0 aliphatic heterocycles. The largest absolute Gasteiger partial charge is 0.519 e. The van der Waals surface area contributed by atoms with E-state index in [1.54, 1.807) is 6.92 Å². The summed E-state index contributed by atoms with van der Waals surface area (Å²) in [5.41, 5.74) is 0. The molecule has 2 rings (SSSR count). The maximum absolute atomic E-state index is 11.8. The van der Waals surface area contributed by atoms with Crippen LogP contribution in [0.1, 0.15) is 37.2 Å². The molecule has 112 valence electrons. The maximum atomic E-state index is 11.8. The number of hydrogen-bond acceptors (Lipinski definition) is 6. The monoisotopic (exact) mass is 284 g/mol. The smallest absolute Gasteiger partial charge is 0.441 e. The van der Waals surface area contributed by atoms with Gasteiger partial charge in [0.1, 0.15) is 0 Å². The van der Waals surface area contributed by atoms with Gasteiger partial charge in [-0.3, -0.25) is 0 Å². The third-order valence-corrected chi connectivity index (χ3v) is 3.61. The summed E-state index contributed by atoms with van der Waals surface area (Å²) in [5.74, 6) is -0.225. The summed E-state index contributed by atoms with van der Waals surface area (Å²) in [6.07, 6.45) is 3.72. The first kappa shape index (κ1) is 14.6. The van der Waals surface area contributed by atoms with E-state index in [-0.39, 0.29) is 24.5 Å². The summed E-state index contributed by atoms with van der Waals surface area (Å²) in [7, 11) is 1.89. The lowest BCUT2D eigenvalue weighted by Crippen LogP contribution is -2.50. The van der Waals surface area contributed by atoms with Crippen LogP contribution in [-0.4, -0.2) is 25.2 Å². The van der Waals surface area contributed by atoms with Crippen LogP contribution in [0.2, 0.25) is 0 Å². The first-order chi connectivity index (χ1) is 9.60. The molecule has 0 spiro atoms. The molecule has 1 fully saturated rings. The fourth-order valence-electron chi connectivity index (χ4n) is 2.48. The molecule has 0 bridgehead atoms. The molecule has 1 aromatic heterocycles. The zero-order valence-corrected chi connectivity index (χ0v) is 11.7. The van der Waals surface area contributed by atoms with Crippen molar-refractivity contribution in [2.45, 2.75) is 51.3 Å². The maximum Gasteiger partial charge on any atom is 0.519 e. The molecule has 0 saturated heterocycles. The molecule has 20 heavy (non-hydrogen) atoms. The van der Waals surface area contributed by atoms with Crippen LogP contribution in [0.4, 0.5) is 4.79 Å². The summed E-state index contributed by atoms with van der Waals surface area (Å²) in [6, 6.07) is 0.337. The Bertz CT molecular complexity index is 507. The fraction of sp³-hybridized carbons (Fsp3) is 0.692. The lowest BCUT2D eigenvalue weighted by Gasteiger charge is -2.31. The van der Waals surface area contributed by atoms with E-state index in [1.165, 1.54) is 0 Å². The van der Waals surface area contributed by atoms with E-state index < -0.39 is 11.9 Å². The Kier molecular flexibility index (Phi) is 4.84. The number of aryl methyl sites for hydroxylation is 1. The second kappa shape index (κ2) is 6.60. The van der Waals surface area contributed by atoms with Crippen molar-refractivity contribution in [2.24, 2.45) is 0 Å². The van der Waals surface area contributed by atoms with Gasteiger partial charge in [-0.25, -0.2) is 9.59 Å². The molecule has 0 aromatic carbocycles. The molecular formula is C13H20N2O5. The van der Waals surface area contributed by atoms with Gasteiger partial charge in [-0.2, -0.15) is 0 Å². The number of hydrogen-bond donors (Lipinski definition) is 2. The average molecular weight is 284 g/mol. The van der Waals surface area contributed by atoms with Gasteiger partial charge < -0.3 is 24.2 Å². The Hall–Kier alpha value is -1.76. The number of ether oxygens (including phenoxy) is 1. The Balaban J connectivity index is 1.83. The summed E-state index contributed by atoms with van der Waals surface area (Å²) >= 11 is 0. The van der Waals surface area contributed by atoms with Gasteiger partial charge in [0, 0.05) is 12.1 Å². The molecule has 1 aromatic rings. The Morgan fingerprint density at radius 1 is 1.30 bits per heavy atom. The zero-order valence-electron chi connectivity index (χ0n) is 11.7. The van der Waals surface area contributed by atoms with Crippen LogP contribution in [0.5, 0.6) is 0 Å². The minimum absolute atomic E-state index is 0.0682. The van der Waals surface area contributed by atoms with E-state index in [2.05, 4.69) is 15.1 Å². The highest BCUT2D eigenvalue weighted by Crippen LogP contribution is 2.18. The summed E-state index contributed by atoms with van der Waals surface area (Å²) in [4.78, 5) is 22.6. The molecular weight excluding hydrogens is 264 g/mol. The number of nitrogens with one attached hydrogen (secondary N) is 2. The molecule has 0 radical (unpaired) electrons. The van der Waals surface area contributed by atoms with Gasteiger partial charge in [0.25, 0.3) is 0 Å². The van der Waals surface area contributed by atoms with Gasteiger partial charge in [-0.05, 0) is 26.8 Å². The second-order valence-corrected chi connectivity index (χ2v) is 4.94. The molecule has 2 atom stereocenters. The van der Waals surface area contributed by atoms with Crippen molar-refractivity contribution >= 4 is 6.09 Å². The van der Waals surface area contributed by atoms with Crippen LogP contribution >= 0.6 is 0 Å². The van der Waals surface area contributed by atoms with Crippen molar-refractivity contribution in [3.05, 3.63) is 22.1 Å². The third kappa shape index (κ3) is 3.63. The van der Waals surface area contributed by atoms with Crippen molar-refractivity contribution in [3.8, 4) is 0 Å². The highest BCUT2D eigenvalue weighted by molar-refractivity contribution is 5.67. The number of alkyl carbamates (subject to hydrolysis) is 1. The molecule has 7 heteroatoms. The van der Waals surface area contributed by atoms with Gasteiger partial charge in [0.15, 0.2) is 18.1 Å². The van der Waals surface area contributed by atoms with Crippen LogP contribution in [0, 0.1) is 6.92 Å². The number of amides is 1. The zero-order chi connectivity index (χ0) is 14.5. The highest BCUT2D eigenvalue weighted by atomic mass is 16.6. The fourth-order valence-corrected chi connectivity index (χ4v) is 2.48. The molecule has 2 N–H and O–H groups in total. The minimum atomic E-state index is -0.788. The minimum Gasteiger partial charge on any atom is -0.441 e. The number of rotatable bonds is 4. The SMILES string of the molecule is CNC1CCCCC1NC(=O)OCc1oc(=O)oc1C. The van der Waals surface area contributed by atoms with Crippen molar-refractivity contribution < 1.29 is 18.4 Å². The van der Waals surface area contributed by atoms with Crippen molar-refractivity contribution in [2.75, 3.05) is 7.05 Å². The topological polar surface area (TPSA) is 93.7 Å². The van der Waals surface area contributed by atoms with Gasteiger partial charge in [0.05, 0.1) is 0 Å². The molecule has 1 amide bonds. The Morgan fingerprint density at radius 3 is 2.60 bits per heavy atom. The van der Waals surface area contributed by atoms with Crippen LogP contribution in [0.3, 0.4) is 0 Å². The van der Waals surface area contributed by atoms with E-state index in [9.17, 15) is 9.59 Å². The quantitative estimate of drug-likeness (QED) is 0.865. The first-order valence-electron chi connectivity index (χ1n) is 6.80. The van der Waals surface area contributed by atoms with Crippen molar-refractivity contribution in [1.29, 1.82) is 0 Å². The summed E-state index contributed by atoms with van der Waals surface area (Å²) in [6.45, 7) is 1.47. The van der Waals surface area contributed by atoms with Crippen molar-refractivity contribution in [1.82, 2.24) is 10.6 Å². The third-order valence-electron chi connectivity index (χ3n) is 3.61. The second-order valence-electron chi connectivity index (χ2n) is 4.94. The normalized spacial score (nSPS) is 22.5. The van der Waals surface area contributed by atoms with Crippen LogP contribution < -0.4 is 16.5 Å². The molecule has 1 heterocycles. The lowest BCUT2D eigenvalue weighted by atomic mass is 9.90. The lowest BCUT2D eigenvalue weighted by molar-refractivity contribution is 0.121. The summed E-state index contributed by atoms with van der Waals surface area (Å²) in [5, 5.41) is 6.04. The molecule has 1 saturated carbocycles. The average Bonchev–Trinajstić information content (AvgIpc) is 2.75. The molecule has 1 aliphatic carbocycles. The van der Waals surface area contributed by atoms with Crippen molar-refractivity contribution in [3.63, 3.8) is 0 Å². The first-order valence-corrected chi connectivity index (χ1v) is 6.80. The predicted molar refractivity (Wildman–Crippen MR) is 70.4 cm³/mol. The van der Waals surface area contributed by atoms with E-state index in [1.807, 2.05) is 7.05 Å². The molecule has 1 aliphatic rings. The van der Waals surface area contributed by atoms with Crippen LogP contribution in [0.15, 0.2) is 13.6 Å². The van der Waals surface area contributed by atoms with E-state index in [4.69, 9.17) is 9.15 Å². The van der Waals surface area contributed by atoms with E-state index in [0.717, 1.165) is 25.7 Å². The predicted octanol–water partition coefficient (Wildman–Crippen LogP) is 1.30. The Morgan fingerprint density at radius 2 is 2.00 bits per heavy atom. The standard InChI is InChI=1S/C13H20N2O5/c1-8-11(20-13(17)19-8)7-18-12(16)15-10-6-4-3-5-9(10)14-2/h9-10,14H,3-7H2,1-2H3,(H,15,16). The van der Waals surface area contributed by atoms with Gasteiger partial charge >= 0.3 is 11.9 Å². The number of carbonyl (C=O) groups is 1.